The van der Waals surface area contributed by atoms with Crippen molar-refractivity contribution < 1.29 is 9.53 Å². The lowest BCUT2D eigenvalue weighted by molar-refractivity contribution is -0.132. The Morgan fingerprint density at radius 2 is 2.35 bits per heavy atom. The average molecular weight is 338 g/mol. The van der Waals surface area contributed by atoms with Gasteiger partial charge in [0.2, 0.25) is 5.91 Å². The average Bonchev–Trinajstić information content (AvgIpc) is 2.98. The molecule has 1 saturated heterocycles. The van der Waals surface area contributed by atoms with Gasteiger partial charge in [-0.25, -0.2) is 0 Å². The second-order valence-electron chi connectivity index (χ2n) is 5.62. The van der Waals surface area contributed by atoms with Gasteiger partial charge in [-0.1, -0.05) is 28.1 Å². The molecule has 0 saturated carbocycles. The van der Waals surface area contributed by atoms with Gasteiger partial charge in [0.25, 0.3) is 0 Å². The van der Waals surface area contributed by atoms with Crippen LogP contribution >= 0.6 is 15.9 Å². The molecule has 3 rings (SSSR count). The summed E-state index contributed by atoms with van der Waals surface area (Å²) in [5.41, 5.74) is 2.63. The summed E-state index contributed by atoms with van der Waals surface area (Å²) >= 11 is 3.59. The molecule has 20 heavy (non-hydrogen) atoms. The van der Waals surface area contributed by atoms with Crippen LogP contribution in [-0.4, -0.2) is 30.1 Å². The van der Waals surface area contributed by atoms with Crippen molar-refractivity contribution in [3.63, 3.8) is 0 Å². The molecule has 1 amide bonds. The van der Waals surface area contributed by atoms with Crippen LogP contribution in [-0.2, 0) is 22.5 Å². The summed E-state index contributed by atoms with van der Waals surface area (Å²) < 4.78 is 6.75. The van der Waals surface area contributed by atoms with Crippen LogP contribution in [0.3, 0.4) is 0 Å². The Bertz CT molecular complexity index is 497. The predicted molar refractivity (Wildman–Crippen MR) is 81.5 cm³/mol. The minimum absolute atomic E-state index is 0.270. The summed E-state index contributed by atoms with van der Waals surface area (Å²) in [7, 11) is 0. The third kappa shape index (κ3) is 3.07. The van der Waals surface area contributed by atoms with Gasteiger partial charge >= 0.3 is 0 Å². The number of hydrogen-bond donors (Lipinski definition) is 0. The maximum Gasteiger partial charge on any atom is 0.222 e. The SMILES string of the molecule is O=C(CC[C@H]1CCCO1)N1CCc2c(Br)cccc2C1. The van der Waals surface area contributed by atoms with E-state index < -0.39 is 0 Å². The van der Waals surface area contributed by atoms with Crippen molar-refractivity contribution in [2.45, 2.75) is 44.8 Å². The molecule has 0 N–H and O–H groups in total. The molecule has 3 nitrogen and oxygen atoms in total. The fourth-order valence-corrected chi connectivity index (χ4v) is 3.70. The molecule has 4 heteroatoms. The Morgan fingerprint density at radius 1 is 1.45 bits per heavy atom. The molecule has 2 aliphatic rings. The Kier molecular flexibility index (Phi) is 4.41. The van der Waals surface area contributed by atoms with Crippen LogP contribution < -0.4 is 0 Å². The van der Waals surface area contributed by atoms with Crippen LogP contribution in [0.2, 0.25) is 0 Å². The highest BCUT2D eigenvalue weighted by atomic mass is 79.9. The number of hydrogen-bond acceptors (Lipinski definition) is 2. The monoisotopic (exact) mass is 337 g/mol. The molecule has 1 aromatic rings. The Morgan fingerprint density at radius 3 is 3.15 bits per heavy atom. The summed E-state index contributed by atoms with van der Waals surface area (Å²) in [4.78, 5) is 14.3. The Balaban J connectivity index is 1.57. The molecule has 0 radical (unpaired) electrons. The lowest BCUT2D eigenvalue weighted by Crippen LogP contribution is -2.36. The summed E-state index contributed by atoms with van der Waals surface area (Å²) in [5, 5.41) is 0. The van der Waals surface area contributed by atoms with E-state index in [1.54, 1.807) is 0 Å². The molecule has 1 aromatic carbocycles. The van der Waals surface area contributed by atoms with Crippen molar-refractivity contribution in [3.8, 4) is 0 Å². The van der Waals surface area contributed by atoms with Crippen LogP contribution in [0.5, 0.6) is 0 Å². The number of benzene rings is 1. The van der Waals surface area contributed by atoms with Crippen LogP contribution in [0.4, 0.5) is 0 Å². The minimum atomic E-state index is 0.270. The van der Waals surface area contributed by atoms with Gasteiger partial charge in [0.15, 0.2) is 0 Å². The molecular weight excluding hydrogens is 318 g/mol. The van der Waals surface area contributed by atoms with Crippen molar-refractivity contribution >= 4 is 21.8 Å². The summed E-state index contributed by atoms with van der Waals surface area (Å²) in [6, 6.07) is 6.25. The minimum Gasteiger partial charge on any atom is -0.378 e. The van der Waals surface area contributed by atoms with Crippen molar-refractivity contribution in [3.05, 3.63) is 33.8 Å². The highest BCUT2D eigenvalue weighted by Gasteiger charge is 2.23. The van der Waals surface area contributed by atoms with Gasteiger partial charge < -0.3 is 9.64 Å². The van der Waals surface area contributed by atoms with Gasteiger partial charge in [0.05, 0.1) is 6.10 Å². The molecule has 0 spiro atoms. The molecule has 0 aliphatic carbocycles. The fraction of sp³-hybridized carbons (Fsp3) is 0.562. The lowest BCUT2D eigenvalue weighted by atomic mass is 9.99. The summed E-state index contributed by atoms with van der Waals surface area (Å²) in [6.45, 7) is 2.45. The Labute approximate surface area is 128 Å². The number of nitrogens with zero attached hydrogens (tertiary/aromatic N) is 1. The largest absolute Gasteiger partial charge is 0.378 e. The van der Waals surface area contributed by atoms with E-state index in [0.717, 1.165) is 45.4 Å². The van der Waals surface area contributed by atoms with Gasteiger partial charge in [0, 0.05) is 30.6 Å². The van der Waals surface area contributed by atoms with E-state index in [-0.39, 0.29) is 5.91 Å². The quantitative estimate of drug-likeness (QED) is 0.846. The zero-order valence-corrected chi connectivity index (χ0v) is 13.2. The second kappa shape index (κ2) is 6.27. The molecule has 2 heterocycles. The van der Waals surface area contributed by atoms with Crippen molar-refractivity contribution in [1.29, 1.82) is 0 Å². The normalized spacial score (nSPS) is 21.9. The molecule has 0 bridgehead atoms. The topological polar surface area (TPSA) is 29.5 Å². The number of rotatable bonds is 3. The van der Waals surface area contributed by atoms with E-state index in [1.807, 2.05) is 11.0 Å². The number of ether oxygens (including phenoxy) is 1. The zero-order chi connectivity index (χ0) is 13.9. The summed E-state index contributed by atoms with van der Waals surface area (Å²) in [6.07, 6.45) is 5.01. The first-order valence-corrected chi connectivity index (χ1v) is 8.19. The highest BCUT2D eigenvalue weighted by Crippen LogP contribution is 2.27. The molecule has 0 unspecified atom stereocenters. The first-order chi connectivity index (χ1) is 9.74. The third-order valence-electron chi connectivity index (χ3n) is 4.27. The van der Waals surface area contributed by atoms with E-state index in [2.05, 4.69) is 28.1 Å². The van der Waals surface area contributed by atoms with Crippen LogP contribution in [0.25, 0.3) is 0 Å². The highest BCUT2D eigenvalue weighted by molar-refractivity contribution is 9.10. The fourth-order valence-electron chi connectivity index (χ4n) is 3.09. The van der Waals surface area contributed by atoms with Gasteiger partial charge in [-0.2, -0.15) is 0 Å². The molecular formula is C16H20BrNO2. The maximum absolute atomic E-state index is 12.3. The third-order valence-corrected chi connectivity index (χ3v) is 5.01. The van der Waals surface area contributed by atoms with Gasteiger partial charge in [-0.15, -0.1) is 0 Å². The van der Waals surface area contributed by atoms with Crippen molar-refractivity contribution in [1.82, 2.24) is 4.90 Å². The molecule has 1 atom stereocenters. The number of carbonyl (C=O) groups is 1. The van der Waals surface area contributed by atoms with E-state index in [1.165, 1.54) is 15.6 Å². The van der Waals surface area contributed by atoms with E-state index in [0.29, 0.717) is 12.5 Å². The Hall–Kier alpha value is -0.870. The lowest BCUT2D eigenvalue weighted by Gasteiger charge is -2.29. The van der Waals surface area contributed by atoms with Crippen LogP contribution in [0.15, 0.2) is 22.7 Å². The number of halogens is 1. The zero-order valence-electron chi connectivity index (χ0n) is 11.6. The summed E-state index contributed by atoms with van der Waals surface area (Å²) in [5.74, 6) is 0.270. The van der Waals surface area contributed by atoms with E-state index in [9.17, 15) is 4.79 Å². The van der Waals surface area contributed by atoms with E-state index in [4.69, 9.17) is 4.74 Å². The van der Waals surface area contributed by atoms with Gasteiger partial charge in [-0.3, -0.25) is 4.79 Å². The molecule has 1 fully saturated rings. The smallest absolute Gasteiger partial charge is 0.222 e. The predicted octanol–water partition coefficient (Wildman–Crippen LogP) is 3.29. The molecule has 0 aromatic heterocycles. The number of fused-ring (bicyclic) bond motifs is 1. The van der Waals surface area contributed by atoms with Gasteiger partial charge in [-0.05, 0) is 42.9 Å². The van der Waals surface area contributed by atoms with Crippen molar-refractivity contribution in [2.24, 2.45) is 0 Å². The first-order valence-electron chi connectivity index (χ1n) is 7.39. The van der Waals surface area contributed by atoms with Crippen LogP contribution in [0.1, 0.15) is 36.8 Å². The van der Waals surface area contributed by atoms with E-state index >= 15 is 0 Å². The van der Waals surface area contributed by atoms with Gasteiger partial charge in [0.1, 0.15) is 0 Å². The number of carbonyl (C=O) groups excluding carboxylic acids is 1. The number of amides is 1. The van der Waals surface area contributed by atoms with Crippen LogP contribution in [0, 0.1) is 0 Å². The molecule has 108 valence electrons. The maximum atomic E-state index is 12.3. The molecule has 2 aliphatic heterocycles. The second-order valence-corrected chi connectivity index (χ2v) is 6.47. The first kappa shape index (κ1) is 14.1. The van der Waals surface area contributed by atoms with Crippen molar-refractivity contribution in [2.75, 3.05) is 13.2 Å². The standard InChI is InChI=1S/C16H20BrNO2/c17-15-5-1-3-12-11-18(9-8-14(12)15)16(19)7-6-13-4-2-10-20-13/h1,3,5,13H,2,4,6-11H2/t13-/m1/s1.